The van der Waals surface area contributed by atoms with Crippen LogP contribution in [0.4, 0.5) is 10.7 Å². The van der Waals surface area contributed by atoms with Crippen LogP contribution in [-0.2, 0) is 29.5 Å². The molecule has 0 saturated heterocycles. The molecule has 0 aliphatic carbocycles. The summed E-state index contributed by atoms with van der Waals surface area (Å²) in [4.78, 5) is 31.5. The van der Waals surface area contributed by atoms with Gasteiger partial charge in [0.1, 0.15) is 5.00 Å². The minimum Gasteiger partial charge on any atom is -0.345 e. The summed E-state index contributed by atoms with van der Waals surface area (Å²) in [6, 6.07) is 24.9. The highest BCUT2D eigenvalue weighted by Crippen LogP contribution is 2.38. The second-order valence-corrected chi connectivity index (χ2v) is 13.2. The maximum absolute atomic E-state index is 13.3. The Morgan fingerprint density at radius 2 is 1.54 bits per heavy atom. The monoisotopic (exact) mass is 588 g/mol. The molecule has 8 nitrogen and oxygen atoms in total. The Kier molecular flexibility index (Phi) is 8.25. The summed E-state index contributed by atoms with van der Waals surface area (Å²) in [5.74, 6) is -0.558. The number of para-hydroxylation sites is 1. The number of hydrogen-bond donors (Lipinski definition) is 1. The number of thiophene rings is 1. The number of hydrogen-bond acceptors (Lipinski definition) is 6. The van der Waals surface area contributed by atoms with E-state index in [1.165, 1.54) is 57.4 Å². The molecule has 10 heteroatoms. The van der Waals surface area contributed by atoms with Gasteiger partial charge in [0.25, 0.3) is 21.8 Å². The zero-order valence-electron chi connectivity index (χ0n) is 23.2. The Labute approximate surface area is 244 Å². The standard InChI is InChI=1S/C31H32N4O4S2/c1-33(2)31(37)28-26-18-19-35(20-22-10-6-4-7-11-22)21-27(26)40-30(28)32-29(36)23-14-16-25(17-15-23)41(38,39)34(3)24-12-8-5-9-13-24/h4-17H,18-21H2,1-3H3,(H,32,36). The van der Waals surface area contributed by atoms with E-state index >= 15 is 0 Å². The lowest BCUT2D eigenvalue weighted by molar-refractivity contribution is 0.0827. The van der Waals surface area contributed by atoms with Crippen molar-refractivity contribution in [3.05, 3.63) is 112 Å². The van der Waals surface area contributed by atoms with Crippen LogP contribution in [0.15, 0.2) is 89.8 Å². The van der Waals surface area contributed by atoms with Gasteiger partial charge in [-0.2, -0.15) is 0 Å². The number of amides is 2. The smallest absolute Gasteiger partial charge is 0.264 e. The van der Waals surface area contributed by atoms with Gasteiger partial charge in [-0.25, -0.2) is 8.42 Å². The minimum atomic E-state index is -3.80. The second-order valence-electron chi connectivity index (χ2n) is 10.1. The topological polar surface area (TPSA) is 90.0 Å². The molecular weight excluding hydrogens is 556 g/mol. The van der Waals surface area contributed by atoms with Gasteiger partial charge in [-0.3, -0.25) is 18.8 Å². The number of fused-ring (bicyclic) bond motifs is 1. The van der Waals surface area contributed by atoms with Crippen molar-refractivity contribution in [1.82, 2.24) is 9.80 Å². The highest BCUT2D eigenvalue weighted by atomic mass is 32.2. The minimum absolute atomic E-state index is 0.0778. The highest BCUT2D eigenvalue weighted by molar-refractivity contribution is 7.92. The molecule has 0 bridgehead atoms. The zero-order chi connectivity index (χ0) is 29.1. The van der Waals surface area contributed by atoms with E-state index < -0.39 is 15.9 Å². The van der Waals surface area contributed by atoms with Crippen LogP contribution in [0.3, 0.4) is 0 Å². The van der Waals surface area contributed by atoms with E-state index in [9.17, 15) is 18.0 Å². The quantitative estimate of drug-likeness (QED) is 0.310. The zero-order valence-corrected chi connectivity index (χ0v) is 24.8. The molecule has 0 saturated carbocycles. The van der Waals surface area contributed by atoms with Crippen molar-refractivity contribution in [2.75, 3.05) is 37.3 Å². The Bertz CT molecular complexity index is 1650. The molecule has 0 unspecified atom stereocenters. The fourth-order valence-electron chi connectivity index (χ4n) is 4.86. The van der Waals surface area contributed by atoms with E-state index in [0.717, 1.165) is 23.5 Å². The SMILES string of the molecule is CN(C)C(=O)c1c(NC(=O)c2ccc(S(=O)(=O)N(C)c3ccccc3)cc2)sc2c1CCN(Cc1ccccc1)C2. The molecule has 0 atom stereocenters. The molecule has 4 aromatic rings. The molecule has 1 N–H and O–H groups in total. The van der Waals surface area contributed by atoms with Crippen LogP contribution in [0.1, 0.15) is 36.7 Å². The summed E-state index contributed by atoms with van der Waals surface area (Å²) < 4.78 is 27.5. The molecule has 41 heavy (non-hydrogen) atoms. The van der Waals surface area contributed by atoms with Gasteiger partial charge in [0.05, 0.1) is 16.1 Å². The van der Waals surface area contributed by atoms with Crippen molar-refractivity contribution < 1.29 is 18.0 Å². The number of rotatable bonds is 8. The van der Waals surface area contributed by atoms with Crippen molar-refractivity contribution in [3.63, 3.8) is 0 Å². The van der Waals surface area contributed by atoms with Crippen molar-refractivity contribution in [2.24, 2.45) is 0 Å². The van der Waals surface area contributed by atoms with Gasteiger partial charge in [-0.05, 0) is 53.9 Å². The van der Waals surface area contributed by atoms with E-state index in [4.69, 9.17) is 0 Å². The Morgan fingerprint density at radius 3 is 2.17 bits per heavy atom. The van der Waals surface area contributed by atoms with Gasteiger partial charge in [0.2, 0.25) is 0 Å². The molecule has 2 amide bonds. The predicted octanol–water partition coefficient (Wildman–Crippen LogP) is 5.09. The van der Waals surface area contributed by atoms with Gasteiger partial charge >= 0.3 is 0 Å². The number of nitrogens with one attached hydrogen (secondary N) is 1. The van der Waals surface area contributed by atoms with Gasteiger partial charge in [-0.1, -0.05) is 48.5 Å². The maximum atomic E-state index is 13.3. The summed E-state index contributed by atoms with van der Waals surface area (Å²) in [5, 5.41) is 3.46. The summed E-state index contributed by atoms with van der Waals surface area (Å²) in [5.41, 5.74) is 3.58. The van der Waals surface area contributed by atoms with Crippen LogP contribution >= 0.6 is 11.3 Å². The third kappa shape index (κ3) is 6.04. The predicted molar refractivity (Wildman–Crippen MR) is 163 cm³/mol. The van der Waals surface area contributed by atoms with Crippen LogP contribution in [0, 0.1) is 0 Å². The molecule has 1 aliphatic heterocycles. The van der Waals surface area contributed by atoms with Gasteiger partial charge < -0.3 is 10.2 Å². The largest absolute Gasteiger partial charge is 0.345 e. The van der Waals surface area contributed by atoms with Crippen LogP contribution in [0.5, 0.6) is 0 Å². The van der Waals surface area contributed by atoms with Crippen LogP contribution in [-0.4, -0.2) is 57.7 Å². The van der Waals surface area contributed by atoms with Crippen molar-refractivity contribution >= 4 is 43.9 Å². The number of carbonyl (C=O) groups is 2. The van der Waals surface area contributed by atoms with E-state index in [0.29, 0.717) is 34.8 Å². The first kappa shape index (κ1) is 28.5. The lowest BCUT2D eigenvalue weighted by Gasteiger charge is -2.27. The first-order chi connectivity index (χ1) is 19.6. The molecule has 0 spiro atoms. The normalized spacial score (nSPS) is 13.3. The number of carbonyl (C=O) groups excluding carboxylic acids is 2. The van der Waals surface area contributed by atoms with Crippen LogP contribution in [0.2, 0.25) is 0 Å². The number of sulfonamides is 1. The first-order valence-corrected chi connectivity index (χ1v) is 15.5. The Morgan fingerprint density at radius 1 is 0.902 bits per heavy atom. The van der Waals surface area contributed by atoms with Gasteiger partial charge in [0, 0.05) is 51.2 Å². The lowest BCUT2D eigenvalue weighted by Crippen LogP contribution is -2.31. The summed E-state index contributed by atoms with van der Waals surface area (Å²) in [6.07, 6.45) is 0.713. The molecule has 5 rings (SSSR count). The number of nitrogens with zero attached hydrogens (tertiary/aromatic N) is 3. The molecular formula is C31H32N4O4S2. The van der Waals surface area contributed by atoms with Gasteiger partial charge in [-0.15, -0.1) is 11.3 Å². The van der Waals surface area contributed by atoms with Crippen LogP contribution in [0.25, 0.3) is 0 Å². The lowest BCUT2D eigenvalue weighted by atomic mass is 10.0. The Balaban J connectivity index is 1.36. The molecule has 1 aliphatic rings. The second kappa shape index (κ2) is 11.9. The van der Waals surface area contributed by atoms with E-state index in [1.807, 2.05) is 24.3 Å². The van der Waals surface area contributed by atoms with Gasteiger partial charge in [0.15, 0.2) is 0 Å². The number of anilines is 2. The van der Waals surface area contributed by atoms with Crippen LogP contribution < -0.4 is 9.62 Å². The highest BCUT2D eigenvalue weighted by Gasteiger charge is 2.30. The third-order valence-corrected chi connectivity index (χ3v) is 10.1. The summed E-state index contributed by atoms with van der Waals surface area (Å²) in [6.45, 7) is 2.32. The molecule has 1 aromatic heterocycles. The average molecular weight is 589 g/mol. The van der Waals surface area contributed by atoms with E-state index in [-0.39, 0.29) is 10.8 Å². The molecule has 3 aromatic carbocycles. The average Bonchev–Trinajstić information content (AvgIpc) is 3.34. The van der Waals surface area contributed by atoms with E-state index in [1.54, 1.807) is 38.4 Å². The third-order valence-electron chi connectivity index (χ3n) is 7.13. The number of benzene rings is 3. The van der Waals surface area contributed by atoms with Crippen molar-refractivity contribution in [2.45, 2.75) is 24.4 Å². The summed E-state index contributed by atoms with van der Waals surface area (Å²) in [7, 11) is 1.10. The fraction of sp³-hybridized carbons (Fsp3) is 0.226. The first-order valence-electron chi connectivity index (χ1n) is 13.2. The maximum Gasteiger partial charge on any atom is 0.264 e. The molecule has 0 radical (unpaired) electrons. The van der Waals surface area contributed by atoms with Crippen molar-refractivity contribution in [3.8, 4) is 0 Å². The summed E-state index contributed by atoms with van der Waals surface area (Å²) >= 11 is 1.43. The molecule has 2 heterocycles. The van der Waals surface area contributed by atoms with Crippen molar-refractivity contribution in [1.29, 1.82) is 0 Å². The molecule has 212 valence electrons. The Hall–Kier alpha value is -3.99. The van der Waals surface area contributed by atoms with E-state index in [2.05, 4.69) is 22.3 Å². The molecule has 0 fully saturated rings. The fourth-order valence-corrected chi connectivity index (χ4v) is 7.33.